The second kappa shape index (κ2) is 3.00. The average molecular weight is 139 g/mol. The van der Waals surface area contributed by atoms with E-state index in [9.17, 15) is 0 Å². The van der Waals surface area contributed by atoms with Crippen molar-refractivity contribution in [3.05, 3.63) is 18.2 Å². The fraction of sp³-hybridized carbons (Fsp3) is 0.333. The third-order valence-electron chi connectivity index (χ3n) is 1.21. The van der Waals surface area contributed by atoms with Crippen LogP contribution in [-0.4, -0.2) is 21.0 Å². The van der Waals surface area contributed by atoms with Crippen LogP contribution in [0.3, 0.4) is 0 Å². The highest BCUT2D eigenvalue weighted by atomic mass is 16.4. The molecule has 4 nitrogen and oxygen atoms in total. The van der Waals surface area contributed by atoms with Crippen LogP contribution >= 0.6 is 0 Å². The second-order valence-electron chi connectivity index (χ2n) is 1.87. The molecule has 0 fully saturated rings. The van der Waals surface area contributed by atoms with Gasteiger partial charge in [0.2, 0.25) is 0 Å². The molecule has 0 spiro atoms. The molecule has 0 amide bonds. The Morgan fingerprint density at radius 2 is 2.70 bits per heavy atom. The second-order valence-corrected chi connectivity index (χ2v) is 1.87. The zero-order valence-electron chi connectivity index (χ0n) is 5.73. The maximum atomic E-state index is 8.12. The van der Waals surface area contributed by atoms with E-state index >= 15 is 0 Å². The van der Waals surface area contributed by atoms with Crippen molar-refractivity contribution in [2.45, 2.75) is 13.5 Å². The van der Waals surface area contributed by atoms with Gasteiger partial charge in [0.1, 0.15) is 5.69 Å². The van der Waals surface area contributed by atoms with Gasteiger partial charge in [0.15, 0.2) is 0 Å². The van der Waals surface area contributed by atoms with E-state index in [-0.39, 0.29) is 0 Å². The van der Waals surface area contributed by atoms with Crippen molar-refractivity contribution in [2.24, 2.45) is 5.16 Å². The van der Waals surface area contributed by atoms with E-state index in [2.05, 4.69) is 10.1 Å². The monoisotopic (exact) mass is 139 g/mol. The number of oxime groups is 1. The average Bonchev–Trinajstić information content (AvgIpc) is 2.37. The van der Waals surface area contributed by atoms with Crippen LogP contribution in [0.4, 0.5) is 0 Å². The first-order chi connectivity index (χ1) is 4.86. The molecule has 0 radical (unpaired) electrons. The third-order valence-corrected chi connectivity index (χ3v) is 1.21. The zero-order valence-corrected chi connectivity index (χ0v) is 5.73. The summed E-state index contributed by atoms with van der Waals surface area (Å²) in [6, 6.07) is 0. The lowest BCUT2D eigenvalue weighted by Gasteiger charge is -1.88. The van der Waals surface area contributed by atoms with Crippen molar-refractivity contribution in [1.29, 1.82) is 0 Å². The number of hydrogen-bond acceptors (Lipinski definition) is 3. The van der Waals surface area contributed by atoms with E-state index < -0.39 is 0 Å². The maximum Gasteiger partial charge on any atom is 0.103 e. The topological polar surface area (TPSA) is 50.4 Å². The van der Waals surface area contributed by atoms with E-state index in [1.165, 1.54) is 6.21 Å². The van der Waals surface area contributed by atoms with Crippen molar-refractivity contribution < 1.29 is 5.21 Å². The molecule has 1 aromatic heterocycles. The smallest absolute Gasteiger partial charge is 0.103 e. The predicted molar refractivity (Wildman–Crippen MR) is 37.3 cm³/mol. The van der Waals surface area contributed by atoms with Gasteiger partial charge in [-0.2, -0.15) is 0 Å². The summed E-state index contributed by atoms with van der Waals surface area (Å²) in [5, 5.41) is 11.0. The van der Waals surface area contributed by atoms with Crippen LogP contribution in [0.2, 0.25) is 0 Å². The Balaban J connectivity index is 2.78. The molecule has 0 bridgehead atoms. The molecule has 0 aromatic carbocycles. The van der Waals surface area contributed by atoms with Gasteiger partial charge in [-0.05, 0) is 6.92 Å². The SMILES string of the molecule is CCn1cnc(/C=N/O)c1. The van der Waals surface area contributed by atoms with E-state index in [0.717, 1.165) is 6.54 Å². The highest BCUT2D eigenvalue weighted by Gasteiger charge is 1.91. The first-order valence-corrected chi connectivity index (χ1v) is 3.06. The molecule has 4 heteroatoms. The van der Waals surface area contributed by atoms with Gasteiger partial charge in [-0.15, -0.1) is 0 Å². The summed E-state index contributed by atoms with van der Waals surface area (Å²) in [6.07, 6.45) is 4.79. The largest absolute Gasteiger partial charge is 0.411 e. The number of rotatable bonds is 2. The number of hydrogen-bond donors (Lipinski definition) is 1. The molecular weight excluding hydrogens is 130 g/mol. The van der Waals surface area contributed by atoms with Crippen LogP contribution in [0.1, 0.15) is 12.6 Å². The number of aryl methyl sites for hydroxylation is 1. The molecule has 1 rings (SSSR count). The molecule has 1 N–H and O–H groups in total. The number of aromatic nitrogens is 2. The number of imidazole rings is 1. The van der Waals surface area contributed by atoms with Gasteiger partial charge in [0, 0.05) is 12.7 Å². The van der Waals surface area contributed by atoms with Crippen molar-refractivity contribution in [3.63, 3.8) is 0 Å². The van der Waals surface area contributed by atoms with Crippen molar-refractivity contribution in [3.8, 4) is 0 Å². The Hall–Kier alpha value is -1.32. The Bertz CT molecular complexity index is 229. The highest BCUT2D eigenvalue weighted by Crippen LogP contribution is 1.91. The van der Waals surface area contributed by atoms with Crippen LogP contribution in [0.5, 0.6) is 0 Å². The van der Waals surface area contributed by atoms with E-state index in [4.69, 9.17) is 5.21 Å². The van der Waals surface area contributed by atoms with Gasteiger partial charge in [0.05, 0.1) is 12.5 Å². The summed E-state index contributed by atoms with van der Waals surface area (Å²) >= 11 is 0. The number of nitrogens with zero attached hydrogens (tertiary/aromatic N) is 3. The van der Waals surface area contributed by atoms with Gasteiger partial charge in [-0.25, -0.2) is 4.98 Å². The molecule has 0 saturated heterocycles. The summed E-state index contributed by atoms with van der Waals surface area (Å²) < 4.78 is 1.90. The predicted octanol–water partition coefficient (Wildman–Crippen LogP) is 0.711. The minimum Gasteiger partial charge on any atom is -0.411 e. The van der Waals surface area contributed by atoms with Gasteiger partial charge in [0.25, 0.3) is 0 Å². The van der Waals surface area contributed by atoms with Crippen molar-refractivity contribution >= 4 is 6.21 Å². The summed E-state index contributed by atoms with van der Waals surface area (Å²) in [5.74, 6) is 0. The Labute approximate surface area is 58.8 Å². The van der Waals surface area contributed by atoms with Gasteiger partial charge in [-0.3, -0.25) is 0 Å². The lowest BCUT2D eigenvalue weighted by atomic mass is 10.5. The summed E-state index contributed by atoms with van der Waals surface area (Å²) in [7, 11) is 0. The molecule has 0 aliphatic heterocycles. The lowest BCUT2D eigenvalue weighted by molar-refractivity contribution is 0.321. The van der Waals surface area contributed by atoms with Crippen molar-refractivity contribution in [2.75, 3.05) is 0 Å². The Morgan fingerprint density at radius 3 is 3.20 bits per heavy atom. The molecule has 0 atom stereocenters. The quantitative estimate of drug-likeness (QED) is 0.372. The first kappa shape index (κ1) is 6.80. The normalized spacial score (nSPS) is 10.9. The minimum atomic E-state index is 0.671. The summed E-state index contributed by atoms with van der Waals surface area (Å²) in [6.45, 7) is 2.90. The molecule has 0 aliphatic rings. The van der Waals surface area contributed by atoms with Crippen molar-refractivity contribution in [1.82, 2.24) is 9.55 Å². The van der Waals surface area contributed by atoms with Crippen LogP contribution in [0, 0.1) is 0 Å². The van der Waals surface area contributed by atoms with Gasteiger partial charge in [-0.1, -0.05) is 5.16 Å². The van der Waals surface area contributed by atoms with E-state index in [0.29, 0.717) is 5.69 Å². The minimum absolute atomic E-state index is 0.671. The first-order valence-electron chi connectivity index (χ1n) is 3.06. The summed E-state index contributed by atoms with van der Waals surface area (Å²) in [4.78, 5) is 3.93. The maximum absolute atomic E-state index is 8.12. The highest BCUT2D eigenvalue weighted by molar-refractivity contribution is 5.75. The Kier molecular flexibility index (Phi) is 2.04. The molecule has 0 aliphatic carbocycles. The lowest BCUT2D eigenvalue weighted by Crippen LogP contribution is -1.87. The zero-order chi connectivity index (χ0) is 7.40. The molecule has 1 heterocycles. The van der Waals surface area contributed by atoms with Crippen LogP contribution < -0.4 is 0 Å². The van der Waals surface area contributed by atoms with Crippen LogP contribution in [0.15, 0.2) is 17.7 Å². The third kappa shape index (κ3) is 1.34. The molecule has 0 saturated carbocycles. The standard InChI is InChI=1S/C6H9N3O/c1-2-9-4-6(3-8-10)7-5-9/h3-5,10H,2H2,1H3/b8-3+. The van der Waals surface area contributed by atoms with E-state index in [1.807, 2.05) is 11.5 Å². The van der Waals surface area contributed by atoms with Gasteiger partial charge < -0.3 is 9.77 Å². The fourth-order valence-electron chi connectivity index (χ4n) is 0.676. The fourth-order valence-corrected chi connectivity index (χ4v) is 0.676. The molecule has 54 valence electrons. The molecule has 10 heavy (non-hydrogen) atoms. The molecule has 1 aromatic rings. The summed E-state index contributed by atoms with van der Waals surface area (Å²) in [5.41, 5.74) is 0.671. The van der Waals surface area contributed by atoms with Crippen LogP contribution in [0.25, 0.3) is 0 Å². The van der Waals surface area contributed by atoms with Gasteiger partial charge >= 0.3 is 0 Å². The van der Waals surface area contributed by atoms with E-state index in [1.54, 1.807) is 12.5 Å². The molecule has 0 unspecified atom stereocenters. The molecular formula is C6H9N3O. The van der Waals surface area contributed by atoms with Crippen LogP contribution in [-0.2, 0) is 6.54 Å². The Morgan fingerprint density at radius 1 is 1.90 bits per heavy atom.